The van der Waals surface area contributed by atoms with Crippen LogP contribution in [-0.2, 0) is 6.42 Å². The Labute approximate surface area is 98.7 Å². The lowest BCUT2D eigenvalue weighted by Gasteiger charge is -2.14. The number of aromatic nitrogens is 1. The summed E-state index contributed by atoms with van der Waals surface area (Å²) in [5.41, 5.74) is 1.30. The number of hydrogen-bond acceptors (Lipinski definition) is 3. The molecule has 0 aliphatic rings. The predicted molar refractivity (Wildman–Crippen MR) is 68.6 cm³/mol. The first-order valence-corrected chi connectivity index (χ1v) is 6.16. The first-order valence-electron chi connectivity index (χ1n) is 6.16. The summed E-state index contributed by atoms with van der Waals surface area (Å²) in [4.78, 5) is 4.10. The maximum Gasteiger partial charge on any atom is 0.0300 e. The van der Waals surface area contributed by atoms with Crippen LogP contribution < -0.4 is 10.6 Å². The fraction of sp³-hybridized carbons (Fsp3) is 0.615. The lowest BCUT2D eigenvalue weighted by Crippen LogP contribution is -2.37. The lowest BCUT2D eigenvalue weighted by molar-refractivity contribution is 0.504. The van der Waals surface area contributed by atoms with E-state index in [-0.39, 0.29) is 0 Å². The van der Waals surface area contributed by atoms with Crippen LogP contribution in [0.3, 0.4) is 0 Å². The summed E-state index contributed by atoms with van der Waals surface area (Å²) in [5, 5.41) is 6.91. The van der Waals surface area contributed by atoms with Gasteiger partial charge in [-0.15, -0.1) is 0 Å². The molecular weight excluding hydrogens is 198 g/mol. The molecule has 0 saturated carbocycles. The number of pyridine rings is 1. The Balaban J connectivity index is 2.06. The van der Waals surface area contributed by atoms with E-state index in [0.29, 0.717) is 6.04 Å². The van der Waals surface area contributed by atoms with Gasteiger partial charge in [0.2, 0.25) is 0 Å². The smallest absolute Gasteiger partial charge is 0.0300 e. The summed E-state index contributed by atoms with van der Waals surface area (Å²) < 4.78 is 0. The van der Waals surface area contributed by atoms with Gasteiger partial charge in [0.05, 0.1) is 0 Å². The highest BCUT2D eigenvalue weighted by Crippen LogP contribution is 1.95. The van der Waals surface area contributed by atoms with Crippen molar-refractivity contribution >= 4 is 0 Å². The highest BCUT2D eigenvalue weighted by atomic mass is 15.0. The highest BCUT2D eigenvalue weighted by Gasteiger charge is 1.99. The van der Waals surface area contributed by atoms with Crippen LogP contribution >= 0.6 is 0 Å². The molecule has 3 nitrogen and oxygen atoms in total. The standard InChI is InChI=1S/C13H23N3/c1-3-7-14-10-12(2)16-9-6-13-5-4-8-15-11-13/h4-5,8,11-12,14,16H,3,6-7,9-10H2,1-2H3. The van der Waals surface area contributed by atoms with Gasteiger partial charge < -0.3 is 10.6 Å². The Morgan fingerprint density at radius 3 is 2.94 bits per heavy atom. The van der Waals surface area contributed by atoms with Crippen LogP contribution in [0, 0.1) is 0 Å². The van der Waals surface area contributed by atoms with Gasteiger partial charge in [0, 0.05) is 25.0 Å². The third-order valence-corrected chi connectivity index (χ3v) is 2.51. The first kappa shape index (κ1) is 13.1. The van der Waals surface area contributed by atoms with E-state index in [1.54, 1.807) is 0 Å². The maximum atomic E-state index is 4.10. The van der Waals surface area contributed by atoms with Crippen molar-refractivity contribution in [3.8, 4) is 0 Å². The molecule has 1 rings (SSSR count). The van der Waals surface area contributed by atoms with Crippen LogP contribution in [0.5, 0.6) is 0 Å². The SMILES string of the molecule is CCCNCC(C)NCCc1cccnc1. The molecule has 0 aliphatic carbocycles. The van der Waals surface area contributed by atoms with E-state index in [1.165, 1.54) is 12.0 Å². The van der Waals surface area contributed by atoms with E-state index in [4.69, 9.17) is 0 Å². The number of hydrogen-bond donors (Lipinski definition) is 2. The van der Waals surface area contributed by atoms with Crippen LogP contribution in [0.4, 0.5) is 0 Å². The minimum atomic E-state index is 0.531. The average Bonchev–Trinajstić information content (AvgIpc) is 2.31. The molecule has 0 aromatic carbocycles. The van der Waals surface area contributed by atoms with Crippen molar-refractivity contribution in [3.63, 3.8) is 0 Å². The second-order valence-electron chi connectivity index (χ2n) is 4.17. The van der Waals surface area contributed by atoms with Crippen molar-refractivity contribution in [1.29, 1.82) is 0 Å². The maximum absolute atomic E-state index is 4.10. The molecule has 1 heterocycles. The van der Waals surface area contributed by atoms with Crippen LogP contribution in [-0.4, -0.2) is 30.7 Å². The van der Waals surface area contributed by atoms with Crippen molar-refractivity contribution in [2.75, 3.05) is 19.6 Å². The third kappa shape index (κ3) is 5.83. The Morgan fingerprint density at radius 1 is 1.38 bits per heavy atom. The Morgan fingerprint density at radius 2 is 2.25 bits per heavy atom. The molecule has 3 heteroatoms. The molecule has 1 unspecified atom stereocenters. The van der Waals surface area contributed by atoms with E-state index in [1.807, 2.05) is 18.5 Å². The summed E-state index contributed by atoms with van der Waals surface area (Å²) in [6.45, 7) is 7.57. The van der Waals surface area contributed by atoms with Crippen molar-refractivity contribution in [3.05, 3.63) is 30.1 Å². The average molecular weight is 221 g/mol. The molecule has 0 fully saturated rings. The third-order valence-electron chi connectivity index (χ3n) is 2.51. The number of nitrogens with one attached hydrogen (secondary N) is 2. The Bertz CT molecular complexity index is 261. The number of nitrogens with zero attached hydrogens (tertiary/aromatic N) is 1. The largest absolute Gasteiger partial charge is 0.315 e. The van der Waals surface area contributed by atoms with Gasteiger partial charge >= 0.3 is 0 Å². The molecule has 0 spiro atoms. The molecule has 1 aromatic rings. The van der Waals surface area contributed by atoms with Gasteiger partial charge in [-0.2, -0.15) is 0 Å². The molecule has 1 atom stereocenters. The van der Waals surface area contributed by atoms with Crippen LogP contribution in [0.1, 0.15) is 25.8 Å². The Hall–Kier alpha value is -0.930. The van der Waals surface area contributed by atoms with E-state index in [2.05, 4.69) is 35.5 Å². The molecule has 90 valence electrons. The van der Waals surface area contributed by atoms with Crippen molar-refractivity contribution in [1.82, 2.24) is 15.6 Å². The lowest BCUT2D eigenvalue weighted by atomic mass is 10.2. The normalized spacial score (nSPS) is 12.6. The van der Waals surface area contributed by atoms with E-state index < -0.39 is 0 Å². The molecule has 0 saturated heterocycles. The van der Waals surface area contributed by atoms with E-state index in [9.17, 15) is 0 Å². The monoisotopic (exact) mass is 221 g/mol. The molecule has 0 radical (unpaired) electrons. The summed E-state index contributed by atoms with van der Waals surface area (Å²) in [6, 6.07) is 4.64. The fourth-order valence-corrected chi connectivity index (χ4v) is 1.58. The van der Waals surface area contributed by atoms with Crippen LogP contribution in [0.2, 0.25) is 0 Å². The van der Waals surface area contributed by atoms with Gasteiger partial charge in [0.1, 0.15) is 0 Å². The van der Waals surface area contributed by atoms with Gasteiger partial charge in [-0.25, -0.2) is 0 Å². The Kier molecular flexibility index (Phi) is 6.77. The van der Waals surface area contributed by atoms with E-state index >= 15 is 0 Å². The predicted octanol–water partition coefficient (Wildman–Crippen LogP) is 1.60. The molecule has 2 N–H and O–H groups in total. The molecule has 0 bridgehead atoms. The highest BCUT2D eigenvalue weighted by molar-refractivity contribution is 5.08. The molecular formula is C13H23N3. The number of rotatable bonds is 8. The van der Waals surface area contributed by atoms with Gasteiger partial charge in [0.15, 0.2) is 0 Å². The second-order valence-corrected chi connectivity index (χ2v) is 4.17. The molecule has 16 heavy (non-hydrogen) atoms. The topological polar surface area (TPSA) is 37.0 Å². The summed E-state index contributed by atoms with van der Waals surface area (Å²) in [7, 11) is 0. The van der Waals surface area contributed by atoms with Crippen LogP contribution in [0.15, 0.2) is 24.5 Å². The fourth-order valence-electron chi connectivity index (χ4n) is 1.58. The second kappa shape index (κ2) is 8.25. The summed E-state index contributed by atoms with van der Waals surface area (Å²) in [5.74, 6) is 0. The van der Waals surface area contributed by atoms with E-state index in [0.717, 1.165) is 26.1 Å². The molecule has 1 aromatic heterocycles. The minimum Gasteiger partial charge on any atom is -0.315 e. The first-order chi connectivity index (χ1) is 7.83. The zero-order valence-corrected chi connectivity index (χ0v) is 10.4. The van der Waals surface area contributed by atoms with Gasteiger partial charge in [-0.05, 0) is 44.5 Å². The minimum absolute atomic E-state index is 0.531. The summed E-state index contributed by atoms with van der Waals surface area (Å²) >= 11 is 0. The zero-order chi connectivity index (χ0) is 11.6. The van der Waals surface area contributed by atoms with Gasteiger partial charge in [-0.1, -0.05) is 13.0 Å². The molecule has 0 aliphatic heterocycles. The summed E-state index contributed by atoms with van der Waals surface area (Å²) in [6.07, 6.45) is 5.99. The van der Waals surface area contributed by atoms with Crippen molar-refractivity contribution < 1.29 is 0 Å². The van der Waals surface area contributed by atoms with Gasteiger partial charge in [0.25, 0.3) is 0 Å². The van der Waals surface area contributed by atoms with Crippen molar-refractivity contribution in [2.24, 2.45) is 0 Å². The van der Waals surface area contributed by atoms with Crippen LogP contribution in [0.25, 0.3) is 0 Å². The molecule has 0 amide bonds. The quantitative estimate of drug-likeness (QED) is 0.655. The van der Waals surface area contributed by atoms with Crippen molar-refractivity contribution in [2.45, 2.75) is 32.7 Å². The van der Waals surface area contributed by atoms with Gasteiger partial charge in [-0.3, -0.25) is 4.98 Å². The zero-order valence-electron chi connectivity index (χ0n) is 10.4.